The molecule has 0 unspecified atom stereocenters. The van der Waals surface area contributed by atoms with Crippen molar-refractivity contribution in [3.05, 3.63) is 82.2 Å². The summed E-state index contributed by atoms with van der Waals surface area (Å²) >= 11 is 1.09. The van der Waals surface area contributed by atoms with Gasteiger partial charge in [-0.1, -0.05) is 42.1 Å². The van der Waals surface area contributed by atoms with Gasteiger partial charge < -0.3 is 14.5 Å². The number of hydrogen-bond acceptors (Lipinski definition) is 8. The Morgan fingerprint density at radius 2 is 1.94 bits per heavy atom. The highest BCUT2D eigenvalue weighted by Crippen LogP contribution is 2.24. The van der Waals surface area contributed by atoms with Crippen LogP contribution in [0.2, 0.25) is 0 Å². The van der Waals surface area contributed by atoms with Gasteiger partial charge in [-0.05, 0) is 41.5 Å². The van der Waals surface area contributed by atoms with Crippen LogP contribution in [-0.2, 0) is 11.4 Å². The van der Waals surface area contributed by atoms with Crippen LogP contribution in [0.3, 0.4) is 0 Å². The number of aromatic nitrogens is 2. The molecule has 0 saturated carbocycles. The number of nitrogens with zero attached hydrogens (tertiary/aromatic N) is 3. The molecule has 162 valence electrons. The molecular formula is C22H18N4O5S. The van der Waals surface area contributed by atoms with Crippen molar-refractivity contribution in [1.29, 1.82) is 0 Å². The second-order valence-corrected chi connectivity index (χ2v) is 7.78. The van der Waals surface area contributed by atoms with Gasteiger partial charge in [0, 0.05) is 17.8 Å². The largest absolute Gasteiger partial charge is 0.484 e. The van der Waals surface area contributed by atoms with Crippen LogP contribution < -0.4 is 10.1 Å². The molecule has 4 aromatic rings. The maximum atomic E-state index is 12.2. The zero-order valence-electron chi connectivity index (χ0n) is 17.0. The van der Waals surface area contributed by atoms with E-state index in [0.717, 1.165) is 22.5 Å². The normalized spacial score (nSPS) is 10.8. The standard InChI is InChI=1S/C22H18N4O5S/c1-14-10-17(26(28)29)7-9-19(14)23-20(27)13-32-22-25-24-21(31-22)12-30-18-8-6-15-4-2-3-5-16(15)11-18/h2-11H,12-13H2,1H3,(H,23,27). The number of carbonyl (C=O) groups excluding carboxylic acids is 1. The molecule has 1 aromatic heterocycles. The second kappa shape index (κ2) is 9.48. The van der Waals surface area contributed by atoms with Crippen LogP contribution >= 0.6 is 11.8 Å². The number of rotatable bonds is 8. The van der Waals surface area contributed by atoms with E-state index in [-0.39, 0.29) is 29.2 Å². The molecule has 32 heavy (non-hydrogen) atoms. The quantitative estimate of drug-likeness (QED) is 0.232. The Morgan fingerprint density at radius 3 is 2.72 bits per heavy atom. The average Bonchev–Trinajstić information content (AvgIpc) is 3.25. The van der Waals surface area contributed by atoms with Crippen LogP contribution in [-0.4, -0.2) is 26.8 Å². The predicted octanol–water partition coefficient (Wildman–Crippen LogP) is 4.75. The Kier molecular flexibility index (Phi) is 6.31. The van der Waals surface area contributed by atoms with Gasteiger partial charge in [-0.25, -0.2) is 0 Å². The molecule has 9 nitrogen and oxygen atoms in total. The van der Waals surface area contributed by atoms with E-state index in [1.54, 1.807) is 6.92 Å². The SMILES string of the molecule is Cc1cc([N+](=O)[O-])ccc1NC(=O)CSc1nnc(COc2ccc3ccccc3c2)o1. The van der Waals surface area contributed by atoms with Gasteiger partial charge in [-0.15, -0.1) is 10.2 Å². The fraction of sp³-hybridized carbons (Fsp3) is 0.136. The number of carbonyl (C=O) groups is 1. The molecule has 1 N–H and O–H groups in total. The molecule has 0 aliphatic carbocycles. The van der Waals surface area contributed by atoms with Crippen molar-refractivity contribution in [3.63, 3.8) is 0 Å². The van der Waals surface area contributed by atoms with Crippen molar-refractivity contribution in [2.75, 3.05) is 11.1 Å². The van der Waals surface area contributed by atoms with Crippen LogP contribution in [0.4, 0.5) is 11.4 Å². The summed E-state index contributed by atoms with van der Waals surface area (Å²) in [4.78, 5) is 22.5. The number of amides is 1. The molecule has 3 aromatic carbocycles. The van der Waals surface area contributed by atoms with Crippen molar-refractivity contribution in [2.45, 2.75) is 18.8 Å². The first kappa shape index (κ1) is 21.3. The number of nitro benzene ring substituents is 1. The number of aryl methyl sites for hydroxylation is 1. The van der Waals surface area contributed by atoms with Crippen LogP contribution in [0.15, 0.2) is 70.3 Å². The topological polar surface area (TPSA) is 120 Å². The van der Waals surface area contributed by atoms with Crippen LogP contribution in [0.5, 0.6) is 5.75 Å². The zero-order chi connectivity index (χ0) is 22.5. The third-order valence-electron chi connectivity index (χ3n) is 4.55. The number of ether oxygens (including phenoxy) is 1. The summed E-state index contributed by atoms with van der Waals surface area (Å²) in [5.74, 6) is 0.740. The molecule has 1 heterocycles. The van der Waals surface area contributed by atoms with E-state index < -0.39 is 4.92 Å². The monoisotopic (exact) mass is 450 g/mol. The Labute approximate surface area is 186 Å². The zero-order valence-corrected chi connectivity index (χ0v) is 17.8. The number of hydrogen-bond donors (Lipinski definition) is 1. The van der Waals surface area contributed by atoms with Crippen LogP contribution in [0.25, 0.3) is 10.8 Å². The summed E-state index contributed by atoms with van der Waals surface area (Å²) in [5.41, 5.74) is 1.08. The first-order chi connectivity index (χ1) is 15.5. The van der Waals surface area contributed by atoms with E-state index in [1.165, 1.54) is 18.2 Å². The minimum atomic E-state index is -0.481. The summed E-state index contributed by atoms with van der Waals surface area (Å²) in [6.45, 7) is 1.80. The number of thioether (sulfide) groups is 1. The third-order valence-corrected chi connectivity index (χ3v) is 5.37. The smallest absolute Gasteiger partial charge is 0.277 e. The van der Waals surface area contributed by atoms with Crippen LogP contribution in [0.1, 0.15) is 11.5 Å². The van der Waals surface area contributed by atoms with Crippen molar-refractivity contribution >= 4 is 39.8 Å². The molecule has 0 radical (unpaired) electrons. The van der Waals surface area contributed by atoms with Gasteiger partial charge in [0.15, 0.2) is 6.61 Å². The number of fused-ring (bicyclic) bond motifs is 1. The van der Waals surface area contributed by atoms with Crippen molar-refractivity contribution in [3.8, 4) is 5.75 Å². The predicted molar refractivity (Wildman–Crippen MR) is 120 cm³/mol. The lowest BCUT2D eigenvalue weighted by Gasteiger charge is -2.07. The van der Waals surface area contributed by atoms with Crippen LogP contribution in [0, 0.1) is 17.0 Å². The van der Waals surface area contributed by atoms with Gasteiger partial charge >= 0.3 is 0 Å². The van der Waals surface area contributed by atoms with E-state index in [9.17, 15) is 14.9 Å². The Balaban J connectivity index is 1.28. The van der Waals surface area contributed by atoms with E-state index in [0.29, 0.717) is 22.9 Å². The summed E-state index contributed by atoms with van der Waals surface area (Å²) < 4.78 is 11.2. The molecule has 4 rings (SSSR count). The first-order valence-electron chi connectivity index (χ1n) is 9.59. The molecule has 0 spiro atoms. The number of nitro groups is 1. The van der Waals surface area contributed by atoms with E-state index >= 15 is 0 Å². The summed E-state index contributed by atoms with van der Waals surface area (Å²) in [6, 6.07) is 18.0. The van der Waals surface area contributed by atoms with E-state index in [2.05, 4.69) is 15.5 Å². The maximum absolute atomic E-state index is 12.2. The lowest BCUT2D eigenvalue weighted by molar-refractivity contribution is -0.384. The summed E-state index contributed by atoms with van der Waals surface area (Å²) in [5, 5.41) is 23.8. The molecule has 0 saturated heterocycles. The molecule has 0 aliphatic heterocycles. The van der Waals surface area contributed by atoms with Gasteiger partial charge in [-0.2, -0.15) is 0 Å². The summed E-state index contributed by atoms with van der Waals surface area (Å²) in [6.07, 6.45) is 0. The summed E-state index contributed by atoms with van der Waals surface area (Å²) in [7, 11) is 0. The van der Waals surface area contributed by atoms with Gasteiger partial charge in [-0.3, -0.25) is 14.9 Å². The van der Waals surface area contributed by atoms with Crippen molar-refractivity contribution in [2.24, 2.45) is 0 Å². The van der Waals surface area contributed by atoms with E-state index in [1.807, 2.05) is 42.5 Å². The highest BCUT2D eigenvalue weighted by atomic mass is 32.2. The minimum Gasteiger partial charge on any atom is -0.484 e. The van der Waals surface area contributed by atoms with Gasteiger partial charge in [0.1, 0.15) is 5.75 Å². The minimum absolute atomic E-state index is 0.0285. The lowest BCUT2D eigenvalue weighted by atomic mass is 10.1. The van der Waals surface area contributed by atoms with Gasteiger partial charge in [0.2, 0.25) is 5.91 Å². The molecule has 1 amide bonds. The number of nitrogens with one attached hydrogen (secondary N) is 1. The maximum Gasteiger partial charge on any atom is 0.277 e. The fourth-order valence-electron chi connectivity index (χ4n) is 2.97. The van der Waals surface area contributed by atoms with Crippen molar-refractivity contribution in [1.82, 2.24) is 10.2 Å². The highest BCUT2D eigenvalue weighted by Gasteiger charge is 2.13. The van der Waals surface area contributed by atoms with E-state index in [4.69, 9.17) is 9.15 Å². The molecule has 0 bridgehead atoms. The molecule has 0 fully saturated rings. The average molecular weight is 450 g/mol. The lowest BCUT2D eigenvalue weighted by Crippen LogP contribution is -2.14. The third kappa shape index (κ3) is 5.22. The molecular weight excluding hydrogens is 432 g/mol. The number of anilines is 1. The van der Waals surface area contributed by atoms with Gasteiger partial charge in [0.25, 0.3) is 16.8 Å². The Morgan fingerprint density at radius 1 is 1.12 bits per heavy atom. The number of non-ortho nitro benzene ring substituents is 1. The highest BCUT2D eigenvalue weighted by molar-refractivity contribution is 7.99. The Bertz CT molecular complexity index is 1290. The van der Waals surface area contributed by atoms with Crippen molar-refractivity contribution < 1.29 is 18.9 Å². The molecule has 10 heteroatoms. The van der Waals surface area contributed by atoms with Gasteiger partial charge in [0.05, 0.1) is 10.7 Å². The molecule has 0 atom stereocenters. The molecule has 0 aliphatic rings. The Hall–Kier alpha value is -3.92. The fourth-order valence-corrected chi connectivity index (χ4v) is 3.55. The number of benzene rings is 3. The first-order valence-corrected chi connectivity index (χ1v) is 10.6. The second-order valence-electron chi connectivity index (χ2n) is 6.85.